The van der Waals surface area contributed by atoms with Gasteiger partial charge in [0, 0.05) is 11.6 Å². The number of benzene rings is 4. The minimum absolute atomic E-state index is 0.0839. The van der Waals surface area contributed by atoms with E-state index in [0.29, 0.717) is 5.71 Å². The van der Waals surface area contributed by atoms with Gasteiger partial charge in [-0.05, 0) is 52.5 Å². The van der Waals surface area contributed by atoms with Crippen molar-refractivity contribution in [3.8, 4) is 0 Å². The van der Waals surface area contributed by atoms with Crippen LogP contribution in [-0.4, -0.2) is 15.6 Å². The summed E-state index contributed by atoms with van der Waals surface area (Å²) >= 11 is 0. The lowest BCUT2D eigenvalue weighted by atomic mass is 9.85. The number of fused-ring (bicyclic) bond motifs is 2. The molecule has 0 aromatic heterocycles. The average molecular weight is 464 g/mol. The van der Waals surface area contributed by atoms with Crippen molar-refractivity contribution in [2.75, 3.05) is 5.43 Å². The van der Waals surface area contributed by atoms with E-state index in [1.54, 1.807) is 0 Å². The fourth-order valence-corrected chi connectivity index (χ4v) is 4.36. The summed E-state index contributed by atoms with van der Waals surface area (Å²) in [7, 11) is 0. The lowest BCUT2D eigenvalue weighted by Crippen LogP contribution is -2.17. The Bertz CT molecular complexity index is 1540. The van der Waals surface area contributed by atoms with Gasteiger partial charge >= 0.3 is 5.69 Å². The maximum Gasteiger partial charge on any atom is 0.301 e. The summed E-state index contributed by atoms with van der Waals surface area (Å²) in [6.07, 6.45) is 3.72. The van der Waals surface area contributed by atoms with Crippen LogP contribution in [0.25, 0.3) is 16.8 Å². The molecule has 0 bridgehead atoms. The van der Waals surface area contributed by atoms with Crippen molar-refractivity contribution < 1.29 is 9.85 Å². The molecule has 5 rings (SSSR count). The van der Waals surface area contributed by atoms with Gasteiger partial charge in [0.25, 0.3) is 5.69 Å². The van der Waals surface area contributed by atoms with Crippen molar-refractivity contribution in [3.63, 3.8) is 0 Å². The van der Waals surface area contributed by atoms with Gasteiger partial charge in [0.2, 0.25) is 0 Å². The Morgan fingerprint density at radius 3 is 2.43 bits per heavy atom. The number of aryl methyl sites for hydroxylation is 1. The van der Waals surface area contributed by atoms with Crippen LogP contribution >= 0.6 is 0 Å². The highest BCUT2D eigenvalue weighted by Gasteiger charge is 2.22. The highest BCUT2D eigenvalue weighted by molar-refractivity contribution is 6.17. The summed E-state index contributed by atoms with van der Waals surface area (Å²) in [5.41, 5.74) is 6.96. The van der Waals surface area contributed by atoms with Crippen molar-refractivity contribution in [1.29, 1.82) is 0 Å². The van der Waals surface area contributed by atoms with Crippen LogP contribution in [0.4, 0.5) is 17.1 Å². The predicted molar refractivity (Wildman–Crippen MR) is 137 cm³/mol. The molecule has 0 spiro atoms. The van der Waals surface area contributed by atoms with Crippen molar-refractivity contribution >= 4 is 39.6 Å². The molecule has 0 radical (unpaired) electrons. The number of hydrogen-bond donors (Lipinski definition) is 1. The fraction of sp³-hybridized carbons (Fsp3) is 0.0741. The summed E-state index contributed by atoms with van der Waals surface area (Å²) in [5, 5.41) is 29.5. The average Bonchev–Trinajstić information content (AvgIpc) is 2.88. The normalized spacial score (nSPS) is 15.2. The highest BCUT2D eigenvalue weighted by atomic mass is 16.6. The van der Waals surface area contributed by atoms with E-state index in [4.69, 9.17) is 0 Å². The van der Waals surface area contributed by atoms with Crippen molar-refractivity contribution in [2.24, 2.45) is 5.10 Å². The number of allylic oxidation sites excluding steroid dienone is 1. The van der Waals surface area contributed by atoms with E-state index in [-0.39, 0.29) is 11.4 Å². The van der Waals surface area contributed by atoms with Crippen LogP contribution < -0.4 is 5.43 Å². The Morgan fingerprint density at radius 2 is 1.60 bits per heavy atom. The molecule has 8 heteroatoms. The maximum atomic E-state index is 11.6. The molecule has 8 nitrogen and oxygen atoms in total. The zero-order valence-electron chi connectivity index (χ0n) is 18.5. The number of non-ortho nitro benzene ring substituents is 1. The molecule has 0 atom stereocenters. The molecule has 1 aliphatic carbocycles. The Morgan fingerprint density at radius 1 is 0.829 bits per heavy atom. The molecule has 0 aliphatic heterocycles. The number of hydrogen-bond acceptors (Lipinski definition) is 6. The second-order valence-corrected chi connectivity index (χ2v) is 8.18. The van der Waals surface area contributed by atoms with Gasteiger partial charge in [0.05, 0.1) is 21.6 Å². The number of rotatable bonds is 5. The van der Waals surface area contributed by atoms with Gasteiger partial charge in [-0.3, -0.25) is 25.7 Å². The minimum atomic E-state index is -0.662. The summed E-state index contributed by atoms with van der Waals surface area (Å²) in [5.74, 6) is 0. The molecule has 0 fully saturated rings. The van der Waals surface area contributed by atoms with E-state index in [0.717, 1.165) is 51.9 Å². The van der Waals surface area contributed by atoms with Crippen molar-refractivity contribution in [1.82, 2.24) is 0 Å². The van der Waals surface area contributed by atoms with Gasteiger partial charge < -0.3 is 0 Å². The van der Waals surface area contributed by atoms with Gasteiger partial charge in [-0.25, -0.2) is 0 Å². The summed E-state index contributed by atoms with van der Waals surface area (Å²) in [4.78, 5) is 21.3. The van der Waals surface area contributed by atoms with Crippen LogP contribution in [0.1, 0.15) is 23.1 Å². The lowest BCUT2D eigenvalue weighted by Gasteiger charge is -2.21. The lowest BCUT2D eigenvalue weighted by molar-refractivity contribution is -0.393. The first-order chi connectivity index (χ1) is 17.0. The van der Waals surface area contributed by atoms with Gasteiger partial charge in [-0.2, -0.15) is 5.10 Å². The predicted octanol–water partition coefficient (Wildman–Crippen LogP) is 6.50. The molecule has 35 heavy (non-hydrogen) atoms. The van der Waals surface area contributed by atoms with Crippen LogP contribution in [-0.2, 0) is 6.42 Å². The van der Waals surface area contributed by atoms with E-state index < -0.39 is 15.5 Å². The Kier molecular flexibility index (Phi) is 5.76. The van der Waals surface area contributed by atoms with E-state index in [1.807, 2.05) is 42.5 Å². The molecule has 0 heterocycles. The second kappa shape index (κ2) is 9.18. The number of nitrogens with one attached hydrogen (secondary N) is 1. The van der Waals surface area contributed by atoms with Crippen LogP contribution in [0.3, 0.4) is 0 Å². The van der Waals surface area contributed by atoms with Crippen LogP contribution in [0.2, 0.25) is 0 Å². The maximum absolute atomic E-state index is 11.6. The summed E-state index contributed by atoms with van der Waals surface area (Å²) in [6, 6.07) is 25.7. The van der Waals surface area contributed by atoms with Crippen molar-refractivity contribution in [3.05, 3.63) is 127 Å². The molecule has 0 unspecified atom stereocenters. The molecule has 0 amide bonds. The van der Waals surface area contributed by atoms with Gasteiger partial charge in [0.1, 0.15) is 5.69 Å². The van der Waals surface area contributed by atoms with Crippen LogP contribution in [0.15, 0.2) is 95.6 Å². The first-order valence-corrected chi connectivity index (χ1v) is 11.0. The fourth-order valence-electron chi connectivity index (χ4n) is 4.36. The first-order valence-electron chi connectivity index (χ1n) is 11.0. The molecule has 4 aromatic rings. The first kappa shape index (κ1) is 22.0. The molecule has 4 aromatic carbocycles. The standard InChI is InChI=1S/C27H20N4O4/c32-30(33)22-14-15-25(26(17-22)31(34)35)28-29-27-21(13-12-19-7-2-4-11-24(19)27)16-20-9-5-8-18-6-1-3-10-23(18)20/h1-11,14-17,28H,12-13H2. The smallest absolute Gasteiger partial charge is 0.271 e. The topological polar surface area (TPSA) is 111 Å². The number of nitro benzene ring substituents is 2. The number of anilines is 1. The molecule has 0 saturated carbocycles. The van der Waals surface area contributed by atoms with E-state index in [2.05, 4.69) is 40.9 Å². The quantitative estimate of drug-likeness (QED) is 0.268. The third kappa shape index (κ3) is 4.37. The van der Waals surface area contributed by atoms with Gasteiger partial charge in [-0.1, -0.05) is 66.7 Å². The zero-order valence-corrected chi connectivity index (χ0v) is 18.5. The molecule has 1 aliphatic rings. The Balaban J connectivity index is 1.61. The number of nitrogens with zero attached hydrogens (tertiary/aromatic N) is 3. The third-order valence-corrected chi connectivity index (χ3v) is 6.07. The summed E-state index contributed by atoms with van der Waals surface area (Å²) in [6.45, 7) is 0. The van der Waals surface area contributed by atoms with Gasteiger partial charge in [-0.15, -0.1) is 0 Å². The molecule has 1 N–H and O–H groups in total. The van der Waals surface area contributed by atoms with Crippen molar-refractivity contribution in [2.45, 2.75) is 12.8 Å². The minimum Gasteiger partial charge on any atom is -0.271 e. The second-order valence-electron chi connectivity index (χ2n) is 8.18. The zero-order chi connectivity index (χ0) is 24.4. The number of hydrazone groups is 1. The third-order valence-electron chi connectivity index (χ3n) is 6.07. The van der Waals surface area contributed by atoms with E-state index in [9.17, 15) is 20.2 Å². The Hall–Kier alpha value is -4.85. The SMILES string of the molecule is O=[N+]([O-])c1ccc(NN=C2C(=Cc3cccc4ccccc34)CCc3ccccc32)c([N+](=O)[O-])c1. The van der Waals surface area contributed by atoms with E-state index >= 15 is 0 Å². The Labute approximate surface area is 200 Å². The highest BCUT2D eigenvalue weighted by Crippen LogP contribution is 2.32. The molecule has 172 valence electrons. The largest absolute Gasteiger partial charge is 0.301 e. The van der Waals surface area contributed by atoms with Gasteiger partial charge in [0.15, 0.2) is 0 Å². The van der Waals surface area contributed by atoms with E-state index in [1.165, 1.54) is 12.1 Å². The molecule has 0 saturated heterocycles. The molecular weight excluding hydrogens is 444 g/mol. The number of nitro groups is 2. The monoisotopic (exact) mass is 464 g/mol. The molecular formula is C27H20N4O4. The van der Waals surface area contributed by atoms with Crippen LogP contribution in [0, 0.1) is 20.2 Å². The van der Waals surface area contributed by atoms with Crippen LogP contribution in [0.5, 0.6) is 0 Å². The summed E-state index contributed by atoms with van der Waals surface area (Å²) < 4.78 is 0.